The lowest BCUT2D eigenvalue weighted by molar-refractivity contribution is 0.590. The molecule has 0 heterocycles. The summed E-state index contributed by atoms with van der Waals surface area (Å²) >= 11 is 5.13. The summed E-state index contributed by atoms with van der Waals surface area (Å²) in [5, 5.41) is 5.78. The van der Waals surface area contributed by atoms with Gasteiger partial charge in [-0.15, -0.1) is 0 Å². The van der Waals surface area contributed by atoms with Crippen LogP contribution in [-0.2, 0) is 0 Å². The van der Waals surface area contributed by atoms with Crippen LogP contribution in [0.3, 0.4) is 0 Å². The molecule has 2 rings (SSSR count). The zero-order valence-corrected chi connectivity index (χ0v) is 13.5. The van der Waals surface area contributed by atoms with Gasteiger partial charge < -0.3 is 10.6 Å². The second-order valence-corrected chi connectivity index (χ2v) is 5.67. The third kappa shape index (κ3) is 3.80. The van der Waals surface area contributed by atoms with E-state index in [1.165, 1.54) is 29.3 Å². The molecule has 0 aliphatic rings. The third-order valence-electron chi connectivity index (χ3n) is 3.58. The first-order valence-corrected chi connectivity index (χ1v) is 7.38. The molecule has 0 radical (unpaired) electrons. The van der Waals surface area contributed by atoms with Crippen LogP contribution in [0, 0.1) is 25.5 Å². The van der Waals surface area contributed by atoms with Gasteiger partial charge in [0, 0.05) is 0 Å². The fraction of sp³-hybridized carbons (Fsp3) is 0.235. The van der Waals surface area contributed by atoms with Gasteiger partial charge in [-0.05, 0) is 61.8 Å². The molecule has 0 saturated carbocycles. The number of halogens is 2. The highest BCUT2D eigenvalue weighted by Gasteiger charge is 2.12. The maximum absolute atomic E-state index is 13.6. The van der Waals surface area contributed by atoms with Gasteiger partial charge in [0.2, 0.25) is 0 Å². The molecule has 0 aliphatic heterocycles. The smallest absolute Gasteiger partial charge is 0.171 e. The second-order valence-electron chi connectivity index (χ2n) is 5.26. The summed E-state index contributed by atoms with van der Waals surface area (Å²) in [6, 6.07) is 9.71. The number of nitrogens with one attached hydrogen (secondary N) is 2. The van der Waals surface area contributed by atoms with Gasteiger partial charge in [-0.25, -0.2) is 8.78 Å². The molecule has 5 heteroatoms. The van der Waals surface area contributed by atoms with Crippen molar-refractivity contribution in [1.29, 1.82) is 0 Å². The molecule has 2 N–H and O–H groups in total. The van der Waals surface area contributed by atoms with Crippen LogP contribution in [0.1, 0.15) is 29.7 Å². The molecule has 0 spiro atoms. The summed E-state index contributed by atoms with van der Waals surface area (Å²) in [6.07, 6.45) is 0. The molecule has 1 unspecified atom stereocenters. The van der Waals surface area contributed by atoms with Crippen LogP contribution in [0.5, 0.6) is 0 Å². The van der Waals surface area contributed by atoms with Crippen LogP contribution in [0.4, 0.5) is 14.5 Å². The highest BCUT2D eigenvalue weighted by atomic mass is 32.1. The van der Waals surface area contributed by atoms with Gasteiger partial charge in [-0.2, -0.15) is 0 Å². The van der Waals surface area contributed by atoms with Gasteiger partial charge in [-0.1, -0.05) is 24.3 Å². The summed E-state index contributed by atoms with van der Waals surface area (Å²) in [5.41, 5.74) is 3.21. The van der Waals surface area contributed by atoms with E-state index in [2.05, 4.69) is 16.7 Å². The van der Waals surface area contributed by atoms with Crippen molar-refractivity contribution in [2.24, 2.45) is 0 Å². The first kappa shape index (κ1) is 16.4. The van der Waals surface area contributed by atoms with Crippen molar-refractivity contribution in [3.05, 3.63) is 64.7 Å². The van der Waals surface area contributed by atoms with Gasteiger partial charge in [0.1, 0.15) is 17.3 Å². The first-order chi connectivity index (χ1) is 10.4. The molecule has 0 bridgehead atoms. The largest absolute Gasteiger partial charge is 0.356 e. The van der Waals surface area contributed by atoms with Gasteiger partial charge >= 0.3 is 0 Å². The monoisotopic (exact) mass is 320 g/mol. The Kier molecular flexibility index (Phi) is 5.08. The number of hydrogen-bond donors (Lipinski definition) is 2. The molecule has 0 fully saturated rings. The molecule has 22 heavy (non-hydrogen) atoms. The summed E-state index contributed by atoms with van der Waals surface area (Å²) in [6.45, 7) is 6.02. The molecule has 2 aromatic carbocycles. The molecular formula is C17H18F2N2S. The lowest BCUT2D eigenvalue weighted by Gasteiger charge is -2.18. The van der Waals surface area contributed by atoms with Gasteiger partial charge in [-0.3, -0.25) is 0 Å². The Bertz CT molecular complexity index is 681. The number of thiocarbonyl (C=S) groups is 1. The van der Waals surface area contributed by atoms with E-state index < -0.39 is 11.6 Å². The average Bonchev–Trinajstić information content (AvgIpc) is 2.46. The minimum Gasteiger partial charge on any atom is -0.356 e. The Morgan fingerprint density at radius 1 is 1.05 bits per heavy atom. The third-order valence-corrected chi connectivity index (χ3v) is 3.80. The maximum atomic E-state index is 13.6. The van der Waals surface area contributed by atoms with E-state index in [1.54, 1.807) is 0 Å². The Balaban J connectivity index is 2.07. The van der Waals surface area contributed by atoms with E-state index in [0.29, 0.717) is 0 Å². The molecular weight excluding hydrogens is 302 g/mol. The fourth-order valence-corrected chi connectivity index (χ4v) is 2.36. The summed E-state index contributed by atoms with van der Waals surface area (Å²) in [7, 11) is 0. The Hall–Kier alpha value is -2.01. The van der Waals surface area contributed by atoms with E-state index in [1.807, 2.05) is 32.9 Å². The van der Waals surface area contributed by atoms with Gasteiger partial charge in [0.25, 0.3) is 0 Å². The predicted octanol–water partition coefficient (Wildman–Crippen LogP) is 4.63. The van der Waals surface area contributed by atoms with Crippen molar-refractivity contribution in [3.63, 3.8) is 0 Å². The van der Waals surface area contributed by atoms with Crippen molar-refractivity contribution in [1.82, 2.24) is 5.32 Å². The Labute approximate surface area is 134 Å². The molecule has 116 valence electrons. The highest BCUT2D eigenvalue weighted by Crippen LogP contribution is 2.19. The van der Waals surface area contributed by atoms with Crippen LogP contribution in [0.25, 0.3) is 0 Å². The normalized spacial score (nSPS) is 11.9. The van der Waals surface area contributed by atoms with E-state index in [-0.39, 0.29) is 16.8 Å². The first-order valence-electron chi connectivity index (χ1n) is 6.97. The topological polar surface area (TPSA) is 24.1 Å². The molecule has 2 nitrogen and oxygen atoms in total. The van der Waals surface area contributed by atoms with Crippen LogP contribution in [0.15, 0.2) is 36.4 Å². The lowest BCUT2D eigenvalue weighted by Crippen LogP contribution is -2.31. The Morgan fingerprint density at radius 2 is 1.68 bits per heavy atom. The number of benzene rings is 2. The summed E-state index contributed by atoms with van der Waals surface area (Å²) in [4.78, 5) is 0. The van der Waals surface area contributed by atoms with E-state index in [9.17, 15) is 8.78 Å². The predicted molar refractivity (Wildman–Crippen MR) is 90.0 cm³/mol. The number of aryl methyl sites for hydroxylation is 2. The maximum Gasteiger partial charge on any atom is 0.171 e. The van der Waals surface area contributed by atoms with Crippen molar-refractivity contribution in [2.45, 2.75) is 26.8 Å². The van der Waals surface area contributed by atoms with Gasteiger partial charge in [0.15, 0.2) is 5.11 Å². The number of para-hydroxylation sites is 1. The lowest BCUT2D eigenvalue weighted by atomic mass is 10.0. The van der Waals surface area contributed by atoms with E-state index in [0.717, 1.165) is 5.56 Å². The second kappa shape index (κ2) is 6.83. The van der Waals surface area contributed by atoms with Crippen LogP contribution >= 0.6 is 12.2 Å². The van der Waals surface area contributed by atoms with Crippen molar-refractivity contribution in [2.75, 3.05) is 5.32 Å². The van der Waals surface area contributed by atoms with Crippen LogP contribution < -0.4 is 10.6 Å². The van der Waals surface area contributed by atoms with Crippen molar-refractivity contribution < 1.29 is 8.78 Å². The minimum atomic E-state index is -0.678. The highest BCUT2D eigenvalue weighted by molar-refractivity contribution is 7.80. The molecule has 2 aromatic rings. The Morgan fingerprint density at radius 3 is 2.27 bits per heavy atom. The standard InChI is InChI=1S/C17H18F2N2S/c1-10-7-8-13(9-11(10)2)12(3)20-17(22)21-16-14(18)5-4-6-15(16)19/h4-9,12H,1-3H3,(H2,20,21,22). The van der Waals surface area contributed by atoms with E-state index >= 15 is 0 Å². The zero-order chi connectivity index (χ0) is 16.3. The van der Waals surface area contributed by atoms with E-state index in [4.69, 9.17) is 12.2 Å². The molecule has 1 atom stereocenters. The number of hydrogen-bond acceptors (Lipinski definition) is 1. The fourth-order valence-electron chi connectivity index (χ4n) is 2.08. The summed E-state index contributed by atoms with van der Waals surface area (Å²) in [5.74, 6) is -1.36. The van der Waals surface area contributed by atoms with Gasteiger partial charge in [0.05, 0.1) is 6.04 Å². The van der Waals surface area contributed by atoms with Crippen molar-refractivity contribution in [3.8, 4) is 0 Å². The quantitative estimate of drug-likeness (QED) is 0.806. The molecule has 0 saturated heterocycles. The SMILES string of the molecule is Cc1ccc(C(C)NC(=S)Nc2c(F)cccc2F)cc1C. The molecule has 0 aliphatic carbocycles. The van der Waals surface area contributed by atoms with Crippen LogP contribution in [0.2, 0.25) is 0 Å². The number of rotatable bonds is 3. The molecule has 0 amide bonds. The summed E-state index contributed by atoms with van der Waals surface area (Å²) < 4.78 is 27.2. The van der Waals surface area contributed by atoms with Crippen molar-refractivity contribution >= 4 is 23.0 Å². The number of anilines is 1. The minimum absolute atomic E-state index is 0.0749. The average molecular weight is 320 g/mol. The molecule has 0 aromatic heterocycles. The van der Waals surface area contributed by atoms with Crippen LogP contribution in [-0.4, -0.2) is 5.11 Å². The zero-order valence-electron chi connectivity index (χ0n) is 12.7.